The van der Waals surface area contributed by atoms with Crippen LogP contribution in [0.15, 0.2) is 35.7 Å². The lowest BCUT2D eigenvalue weighted by Gasteiger charge is -2.22. The van der Waals surface area contributed by atoms with E-state index >= 15 is 0 Å². The highest BCUT2D eigenvalue weighted by molar-refractivity contribution is 7.09. The van der Waals surface area contributed by atoms with Crippen molar-refractivity contribution in [2.45, 2.75) is 45.6 Å². The van der Waals surface area contributed by atoms with Gasteiger partial charge in [0.05, 0.1) is 17.1 Å². The van der Waals surface area contributed by atoms with Crippen molar-refractivity contribution in [3.63, 3.8) is 0 Å². The maximum Gasteiger partial charge on any atom is 0.228 e. The van der Waals surface area contributed by atoms with Crippen LogP contribution in [0.5, 0.6) is 0 Å². The zero-order valence-corrected chi connectivity index (χ0v) is 18.1. The molecule has 146 valence electrons. The second kappa shape index (κ2) is 11.5. The van der Waals surface area contributed by atoms with Gasteiger partial charge in [0.25, 0.3) is 0 Å². The first kappa shape index (κ1) is 24.9. The zero-order valence-electron chi connectivity index (χ0n) is 15.6. The van der Waals surface area contributed by atoms with Crippen LogP contribution in [-0.4, -0.2) is 28.9 Å². The van der Waals surface area contributed by atoms with Crippen molar-refractivity contribution in [3.8, 4) is 0 Å². The van der Waals surface area contributed by atoms with E-state index in [1.54, 1.807) is 11.3 Å². The quantitative estimate of drug-likeness (QED) is 0.733. The normalized spacial score (nSPS) is 10.6. The summed E-state index contributed by atoms with van der Waals surface area (Å²) in [6.07, 6.45) is 1.16. The zero-order chi connectivity index (χ0) is 17.6. The molecule has 4 nitrogen and oxygen atoms in total. The van der Waals surface area contributed by atoms with Gasteiger partial charge in [0.2, 0.25) is 5.91 Å². The molecular weight excluding hydrogens is 389 g/mol. The highest BCUT2D eigenvalue weighted by Crippen LogP contribution is 2.25. The molecule has 0 aliphatic heterocycles. The van der Waals surface area contributed by atoms with E-state index in [1.807, 2.05) is 40.6 Å². The van der Waals surface area contributed by atoms with Gasteiger partial charge in [-0.1, -0.05) is 51.1 Å². The molecule has 2 N–H and O–H groups in total. The molecule has 0 aliphatic carbocycles. The van der Waals surface area contributed by atoms with Gasteiger partial charge in [-0.25, -0.2) is 4.98 Å². The van der Waals surface area contributed by atoms with Crippen LogP contribution in [0.4, 0.5) is 0 Å². The molecule has 0 spiro atoms. The molecule has 1 amide bonds. The molecule has 1 aromatic carbocycles. The van der Waals surface area contributed by atoms with E-state index in [4.69, 9.17) is 5.73 Å². The number of aromatic nitrogens is 1. The number of hydrogen-bond acceptors (Lipinski definition) is 4. The average molecular weight is 418 g/mol. The highest BCUT2D eigenvalue weighted by atomic mass is 35.5. The summed E-state index contributed by atoms with van der Waals surface area (Å²) in [4.78, 5) is 19.3. The van der Waals surface area contributed by atoms with Crippen LogP contribution in [0.3, 0.4) is 0 Å². The van der Waals surface area contributed by atoms with E-state index in [1.165, 1.54) is 0 Å². The van der Waals surface area contributed by atoms with Gasteiger partial charge < -0.3 is 10.6 Å². The van der Waals surface area contributed by atoms with Crippen LogP contribution < -0.4 is 5.73 Å². The number of nitrogens with two attached hydrogens (primary N) is 1. The van der Waals surface area contributed by atoms with Gasteiger partial charge in [0.1, 0.15) is 0 Å². The molecular formula is C19H29Cl2N3OS. The van der Waals surface area contributed by atoms with E-state index in [0.29, 0.717) is 26.1 Å². The van der Waals surface area contributed by atoms with Crippen molar-refractivity contribution in [2.24, 2.45) is 5.73 Å². The Balaban J connectivity index is 0.00000312. The fraction of sp³-hybridized carbons (Fsp3) is 0.474. The number of thiazole rings is 1. The molecule has 0 aliphatic rings. The standard InChI is InChI=1S/C19H27N3OS.2ClH/c1-19(2,3)18-21-16(14-24-18)12-17(23)22(11-7-10-20)13-15-8-5-4-6-9-15;;/h4-6,8-9,14H,7,10-13,20H2,1-3H3;2*1H. The smallest absolute Gasteiger partial charge is 0.228 e. The van der Waals surface area contributed by atoms with Crippen molar-refractivity contribution in [3.05, 3.63) is 52.0 Å². The molecule has 2 rings (SSSR count). The number of carbonyl (C=O) groups excluding carboxylic acids is 1. The molecule has 26 heavy (non-hydrogen) atoms. The van der Waals surface area contributed by atoms with Crippen molar-refractivity contribution in [2.75, 3.05) is 13.1 Å². The maximum absolute atomic E-state index is 12.7. The predicted molar refractivity (Wildman–Crippen MR) is 115 cm³/mol. The molecule has 0 radical (unpaired) electrons. The molecule has 2 aromatic rings. The van der Waals surface area contributed by atoms with Gasteiger partial charge in [0, 0.05) is 23.9 Å². The molecule has 0 saturated heterocycles. The van der Waals surface area contributed by atoms with Crippen molar-refractivity contribution in [1.82, 2.24) is 9.88 Å². The maximum atomic E-state index is 12.7. The van der Waals surface area contributed by atoms with Crippen molar-refractivity contribution < 1.29 is 4.79 Å². The highest BCUT2D eigenvalue weighted by Gasteiger charge is 2.20. The number of hydrogen-bond donors (Lipinski definition) is 1. The summed E-state index contributed by atoms with van der Waals surface area (Å²) in [5, 5.41) is 3.07. The third-order valence-corrected chi connectivity index (χ3v) is 5.04. The molecule has 0 fully saturated rings. The third kappa shape index (κ3) is 7.62. The monoisotopic (exact) mass is 417 g/mol. The van der Waals surface area contributed by atoms with Crippen LogP contribution in [-0.2, 0) is 23.2 Å². The van der Waals surface area contributed by atoms with E-state index in [2.05, 4.69) is 25.8 Å². The number of rotatable bonds is 7. The van der Waals surface area contributed by atoms with E-state index in [9.17, 15) is 4.79 Å². The fourth-order valence-corrected chi connectivity index (χ4v) is 3.28. The summed E-state index contributed by atoms with van der Waals surface area (Å²) >= 11 is 1.63. The molecule has 1 heterocycles. The first-order valence-corrected chi connectivity index (χ1v) is 9.25. The number of halogens is 2. The van der Waals surface area contributed by atoms with Gasteiger partial charge in [-0.05, 0) is 18.5 Å². The van der Waals surface area contributed by atoms with Crippen LogP contribution in [0.25, 0.3) is 0 Å². The van der Waals surface area contributed by atoms with Crippen LogP contribution in [0, 0.1) is 0 Å². The summed E-state index contributed by atoms with van der Waals surface area (Å²) in [7, 11) is 0. The number of carbonyl (C=O) groups is 1. The first-order valence-electron chi connectivity index (χ1n) is 8.37. The van der Waals surface area contributed by atoms with Gasteiger partial charge in [-0.3, -0.25) is 4.79 Å². The summed E-state index contributed by atoms with van der Waals surface area (Å²) in [5.41, 5.74) is 7.65. The summed E-state index contributed by atoms with van der Waals surface area (Å²) in [5.74, 6) is 0.109. The first-order chi connectivity index (χ1) is 11.4. The Morgan fingerprint density at radius 2 is 1.85 bits per heavy atom. The van der Waals surface area contributed by atoms with Crippen LogP contribution >= 0.6 is 36.2 Å². The predicted octanol–water partition coefficient (Wildman–Crippen LogP) is 4.20. The van der Waals surface area contributed by atoms with E-state index in [-0.39, 0.29) is 36.1 Å². The molecule has 0 bridgehead atoms. The van der Waals surface area contributed by atoms with Crippen LogP contribution in [0.2, 0.25) is 0 Å². The Labute approximate surface area is 173 Å². The van der Waals surface area contributed by atoms with E-state index < -0.39 is 0 Å². The van der Waals surface area contributed by atoms with Gasteiger partial charge in [-0.15, -0.1) is 36.2 Å². The molecule has 1 aromatic heterocycles. The molecule has 0 unspecified atom stereocenters. The lowest BCUT2D eigenvalue weighted by molar-refractivity contribution is -0.131. The number of benzene rings is 1. The third-order valence-electron chi connectivity index (χ3n) is 3.73. The minimum atomic E-state index is 0. The topological polar surface area (TPSA) is 59.2 Å². The van der Waals surface area contributed by atoms with Crippen molar-refractivity contribution in [1.29, 1.82) is 0 Å². The summed E-state index contributed by atoms with van der Waals surface area (Å²) in [6.45, 7) is 8.31. The second-order valence-electron chi connectivity index (χ2n) is 7.01. The Morgan fingerprint density at radius 1 is 1.19 bits per heavy atom. The largest absolute Gasteiger partial charge is 0.338 e. The minimum Gasteiger partial charge on any atom is -0.338 e. The molecule has 0 atom stereocenters. The Kier molecular flexibility index (Phi) is 11.0. The Bertz CT molecular complexity index is 656. The SMILES string of the molecule is CC(C)(C)c1nc(CC(=O)N(CCCN)Cc2ccccc2)cs1.Cl.Cl. The molecule has 0 saturated carbocycles. The summed E-state index contributed by atoms with van der Waals surface area (Å²) < 4.78 is 0. The average Bonchev–Trinajstić information content (AvgIpc) is 3.01. The number of nitrogens with zero attached hydrogens (tertiary/aromatic N) is 2. The van der Waals surface area contributed by atoms with Gasteiger partial charge in [0.15, 0.2) is 0 Å². The van der Waals surface area contributed by atoms with Gasteiger partial charge in [-0.2, -0.15) is 0 Å². The Morgan fingerprint density at radius 3 is 2.38 bits per heavy atom. The number of amides is 1. The van der Waals surface area contributed by atoms with Crippen molar-refractivity contribution >= 4 is 42.1 Å². The second-order valence-corrected chi connectivity index (χ2v) is 7.87. The van der Waals surface area contributed by atoms with Gasteiger partial charge >= 0.3 is 0 Å². The summed E-state index contributed by atoms with van der Waals surface area (Å²) in [6, 6.07) is 10.1. The Hall–Kier alpha value is -1.14. The lowest BCUT2D eigenvalue weighted by atomic mass is 9.98. The fourth-order valence-electron chi connectivity index (χ4n) is 2.38. The van der Waals surface area contributed by atoms with E-state index in [0.717, 1.165) is 22.7 Å². The minimum absolute atomic E-state index is 0. The van der Waals surface area contributed by atoms with Crippen LogP contribution in [0.1, 0.15) is 43.5 Å². The lowest BCUT2D eigenvalue weighted by Crippen LogP contribution is -2.33. The molecule has 7 heteroatoms.